The van der Waals surface area contributed by atoms with Gasteiger partial charge in [-0.25, -0.2) is 0 Å². The van der Waals surface area contributed by atoms with Crippen molar-refractivity contribution in [1.82, 2.24) is 10.3 Å². The summed E-state index contributed by atoms with van der Waals surface area (Å²) < 4.78 is 11.7. The summed E-state index contributed by atoms with van der Waals surface area (Å²) >= 11 is 3.46. The molecule has 2 amide bonds. The third kappa shape index (κ3) is 7.06. The van der Waals surface area contributed by atoms with Gasteiger partial charge in [0.25, 0.3) is 11.8 Å². The lowest BCUT2D eigenvalue weighted by Gasteiger charge is -2.13. The van der Waals surface area contributed by atoms with Crippen LogP contribution >= 0.6 is 15.9 Å². The number of rotatable bonds is 10. The van der Waals surface area contributed by atoms with Crippen LogP contribution in [0.3, 0.4) is 0 Å². The summed E-state index contributed by atoms with van der Waals surface area (Å²) in [5.74, 6) is -0.111. The van der Waals surface area contributed by atoms with Crippen LogP contribution in [0.15, 0.2) is 76.9 Å². The number of para-hydroxylation sites is 1. The summed E-state index contributed by atoms with van der Waals surface area (Å²) in [6.45, 7) is 2.12. The molecule has 1 aromatic heterocycles. The third-order valence-corrected chi connectivity index (χ3v) is 6.68. The van der Waals surface area contributed by atoms with Crippen LogP contribution in [0.5, 0.6) is 11.5 Å². The number of H-pyrrole nitrogens is 1. The van der Waals surface area contributed by atoms with Crippen LogP contribution in [-0.4, -0.2) is 37.1 Å². The molecule has 39 heavy (non-hydrogen) atoms. The number of anilines is 1. The van der Waals surface area contributed by atoms with Crippen molar-refractivity contribution in [2.45, 2.75) is 13.3 Å². The lowest BCUT2D eigenvalue weighted by molar-refractivity contribution is -0.118. The average molecular weight is 587 g/mol. The van der Waals surface area contributed by atoms with Crippen molar-refractivity contribution in [2.75, 3.05) is 25.6 Å². The SMILES string of the molecule is COc1cc(/C=C(/C#N)C(=O)NCCc2c[nH]c3ccccc23)c(Br)cc1OCC(=O)Nc1ccc(C)cc1. The molecule has 0 fully saturated rings. The number of aryl methyl sites for hydroxylation is 1. The maximum Gasteiger partial charge on any atom is 0.262 e. The van der Waals surface area contributed by atoms with Crippen molar-refractivity contribution in [2.24, 2.45) is 0 Å². The number of amides is 2. The zero-order valence-electron chi connectivity index (χ0n) is 21.5. The fourth-order valence-electron chi connectivity index (χ4n) is 3.96. The summed E-state index contributed by atoms with van der Waals surface area (Å²) in [6, 6.07) is 20.6. The number of aromatic nitrogens is 1. The molecule has 3 N–H and O–H groups in total. The summed E-state index contributed by atoms with van der Waals surface area (Å²) in [5, 5.41) is 16.3. The number of fused-ring (bicyclic) bond motifs is 1. The molecular formula is C30H27BrN4O4. The predicted octanol–water partition coefficient (Wildman–Crippen LogP) is 5.53. The van der Waals surface area contributed by atoms with E-state index in [9.17, 15) is 14.9 Å². The number of hydrogen-bond donors (Lipinski definition) is 3. The number of ether oxygens (including phenoxy) is 2. The minimum atomic E-state index is -0.476. The van der Waals surface area contributed by atoms with Gasteiger partial charge in [-0.15, -0.1) is 0 Å². The Balaban J connectivity index is 1.39. The van der Waals surface area contributed by atoms with E-state index in [2.05, 4.69) is 31.5 Å². The Bertz CT molecular complexity index is 1570. The first-order chi connectivity index (χ1) is 18.9. The molecule has 0 saturated heterocycles. The van der Waals surface area contributed by atoms with E-state index in [4.69, 9.17) is 9.47 Å². The Hall–Kier alpha value is -4.55. The van der Waals surface area contributed by atoms with Gasteiger partial charge in [-0.2, -0.15) is 5.26 Å². The van der Waals surface area contributed by atoms with Gasteiger partial charge in [-0.1, -0.05) is 51.8 Å². The maximum absolute atomic E-state index is 12.7. The standard InChI is InChI=1S/C30H27BrN4O4/c1-19-7-9-23(10-8-19)35-29(36)18-39-28-15-25(31)21(14-27(28)38-2)13-22(16-32)30(37)33-12-11-20-17-34-26-6-4-3-5-24(20)26/h3-10,13-15,17,34H,11-12,18H2,1-2H3,(H,33,37)(H,35,36)/b22-13-. The van der Waals surface area contributed by atoms with E-state index in [1.54, 1.807) is 12.1 Å². The molecule has 1 heterocycles. The Kier molecular flexibility index (Phi) is 9.02. The largest absolute Gasteiger partial charge is 0.493 e. The normalized spacial score (nSPS) is 11.1. The highest BCUT2D eigenvalue weighted by Gasteiger charge is 2.15. The van der Waals surface area contributed by atoms with Crippen molar-refractivity contribution in [3.8, 4) is 17.6 Å². The van der Waals surface area contributed by atoms with Gasteiger partial charge in [0.05, 0.1) is 7.11 Å². The molecule has 0 unspecified atom stereocenters. The van der Waals surface area contributed by atoms with Crippen molar-refractivity contribution in [1.29, 1.82) is 5.26 Å². The first kappa shape index (κ1) is 27.5. The highest BCUT2D eigenvalue weighted by atomic mass is 79.9. The fraction of sp³-hybridized carbons (Fsp3) is 0.167. The maximum atomic E-state index is 12.7. The number of methoxy groups -OCH3 is 1. The summed E-state index contributed by atoms with van der Waals surface area (Å²) in [4.78, 5) is 28.3. The molecule has 198 valence electrons. The Labute approximate surface area is 234 Å². The lowest BCUT2D eigenvalue weighted by Crippen LogP contribution is -2.26. The second kappa shape index (κ2) is 12.8. The Morgan fingerprint density at radius 2 is 1.87 bits per heavy atom. The number of carbonyl (C=O) groups is 2. The van der Waals surface area contributed by atoms with Gasteiger partial charge < -0.3 is 25.1 Å². The first-order valence-corrected chi connectivity index (χ1v) is 13.0. The number of benzene rings is 3. The monoisotopic (exact) mass is 586 g/mol. The summed E-state index contributed by atoms with van der Waals surface area (Å²) in [6.07, 6.45) is 4.02. The van der Waals surface area contributed by atoms with Gasteiger partial charge in [0.2, 0.25) is 0 Å². The molecule has 0 atom stereocenters. The minimum Gasteiger partial charge on any atom is -0.493 e. The van der Waals surface area contributed by atoms with Crippen LogP contribution in [0.25, 0.3) is 17.0 Å². The molecule has 0 bridgehead atoms. The predicted molar refractivity (Wildman–Crippen MR) is 155 cm³/mol. The molecule has 8 nitrogen and oxygen atoms in total. The number of nitrogens with one attached hydrogen (secondary N) is 3. The molecule has 0 radical (unpaired) electrons. The second-order valence-corrected chi connectivity index (χ2v) is 9.62. The zero-order valence-corrected chi connectivity index (χ0v) is 23.1. The lowest BCUT2D eigenvalue weighted by atomic mass is 10.1. The topological polar surface area (TPSA) is 116 Å². The van der Waals surface area contributed by atoms with E-state index in [-0.39, 0.29) is 18.1 Å². The summed E-state index contributed by atoms with van der Waals surface area (Å²) in [5.41, 5.74) is 4.38. The van der Waals surface area contributed by atoms with Gasteiger partial charge in [0.15, 0.2) is 18.1 Å². The summed E-state index contributed by atoms with van der Waals surface area (Å²) in [7, 11) is 1.47. The van der Waals surface area contributed by atoms with Crippen molar-refractivity contribution in [3.05, 3.63) is 93.6 Å². The molecule has 9 heteroatoms. The molecule has 3 aromatic carbocycles. The number of aromatic amines is 1. The van der Waals surface area contributed by atoms with Gasteiger partial charge in [-0.05, 0) is 60.9 Å². The van der Waals surface area contributed by atoms with Gasteiger partial charge in [0, 0.05) is 33.8 Å². The van der Waals surface area contributed by atoms with E-state index in [0.717, 1.165) is 22.0 Å². The number of nitrogens with zero attached hydrogens (tertiary/aromatic N) is 1. The van der Waals surface area contributed by atoms with Crippen LogP contribution in [-0.2, 0) is 16.0 Å². The molecule has 0 aliphatic heterocycles. The second-order valence-electron chi connectivity index (χ2n) is 8.76. The van der Waals surface area contributed by atoms with Gasteiger partial charge in [0.1, 0.15) is 11.6 Å². The van der Waals surface area contributed by atoms with E-state index in [0.29, 0.717) is 40.2 Å². The van der Waals surface area contributed by atoms with Crippen LogP contribution in [0.4, 0.5) is 5.69 Å². The number of carbonyl (C=O) groups excluding carboxylic acids is 2. The highest BCUT2D eigenvalue weighted by molar-refractivity contribution is 9.10. The Morgan fingerprint density at radius 1 is 1.10 bits per heavy atom. The van der Waals surface area contributed by atoms with Gasteiger partial charge in [-0.3, -0.25) is 9.59 Å². The molecule has 0 spiro atoms. The molecule has 4 rings (SSSR count). The fourth-order valence-corrected chi connectivity index (χ4v) is 4.40. The van der Waals surface area contributed by atoms with E-state index in [1.165, 1.54) is 13.2 Å². The van der Waals surface area contributed by atoms with Crippen LogP contribution < -0.4 is 20.1 Å². The van der Waals surface area contributed by atoms with Crippen LogP contribution in [0, 0.1) is 18.3 Å². The highest BCUT2D eigenvalue weighted by Crippen LogP contribution is 2.34. The molecular weight excluding hydrogens is 560 g/mol. The minimum absolute atomic E-state index is 0.0529. The number of nitriles is 1. The van der Waals surface area contributed by atoms with E-state index in [1.807, 2.05) is 67.7 Å². The van der Waals surface area contributed by atoms with Crippen molar-refractivity contribution >= 4 is 50.4 Å². The average Bonchev–Trinajstić information content (AvgIpc) is 3.35. The first-order valence-electron chi connectivity index (χ1n) is 12.2. The smallest absolute Gasteiger partial charge is 0.262 e. The van der Waals surface area contributed by atoms with Crippen LogP contribution in [0.2, 0.25) is 0 Å². The molecule has 0 aliphatic rings. The third-order valence-electron chi connectivity index (χ3n) is 6.00. The molecule has 0 aliphatic carbocycles. The van der Waals surface area contributed by atoms with Crippen molar-refractivity contribution in [3.63, 3.8) is 0 Å². The van der Waals surface area contributed by atoms with E-state index < -0.39 is 5.91 Å². The quantitative estimate of drug-likeness (QED) is 0.167. The van der Waals surface area contributed by atoms with Crippen LogP contribution in [0.1, 0.15) is 16.7 Å². The van der Waals surface area contributed by atoms with Gasteiger partial charge >= 0.3 is 0 Å². The van der Waals surface area contributed by atoms with Crippen molar-refractivity contribution < 1.29 is 19.1 Å². The van der Waals surface area contributed by atoms with E-state index >= 15 is 0 Å². The number of hydrogen-bond acceptors (Lipinski definition) is 5. The molecule has 4 aromatic rings. The zero-order chi connectivity index (χ0) is 27.8. The number of halogens is 1. The molecule has 0 saturated carbocycles. The Morgan fingerprint density at radius 3 is 2.62 bits per heavy atom.